The highest BCUT2D eigenvalue weighted by Crippen LogP contribution is 2.34. The summed E-state index contributed by atoms with van der Waals surface area (Å²) >= 11 is 0. The van der Waals surface area contributed by atoms with Crippen LogP contribution in [0, 0.1) is 5.92 Å². The highest BCUT2D eigenvalue weighted by atomic mass is 32.2. The smallest absolute Gasteiger partial charge is 0.243 e. The Morgan fingerprint density at radius 3 is 2.33 bits per heavy atom. The largest absolute Gasteiger partial charge is 0.371 e. The molecule has 148 valence electrons. The summed E-state index contributed by atoms with van der Waals surface area (Å²) in [7, 11) is -3.55. The van der Waals surface area contributed by atoms with Gasteiger partial charge in [-0.05, 0) is 31.0 Å². The Labute approximate surface area is 160 Å². The number of carbonyl (C=O) groups excluding carboxylic acids is 1. The number of hydrogen-bond donors (Lipinski definition) is 0. The van der Waals surface area contributed by atoms with Crippen LogP contribution in [-0.2, 0) is 24.3 Å². The fourth-order valence-corrected chi connectivity index (χ4v) is 5.62. The van der Waals surface area contributed by atoms with Gasteiger partial charge in [0.05, 0.1) is 18.1 Å². The Morgan fingerprint density at radius 1 is 1.04 bits per heavy atom. The SMILES string of the molecule is O=CC1CCN(c2cccc(S(=O)(=O)N3CCC4(CC3)OCCO4)c2)CC1. The third-order valence-electron chi connectivity index (χ3n) is 5.85. The first-order chi connectivity index (χ1) is 13.0. The lowest BCUT2D eigenvalue weighted by Crippen LogP contribution is -2.47. The Kier molecular flexibility index (Phi) is 5.24. The molecule has 0 saturated carbocycles. The maximum Gasteiger partial charge on any atom is 0.243 e. The van der Waals surface area contributed by atoms with E-state index in [0.29, 0.717) is 44.0 Å². The third-order valence-corrected chi connectivity index (χ3v) is 7.75. The molecule has 3 aliphatic heterocycles. The second-order valence-electron chi connectivity index (χ2n) is 7.47. The van der Waals surface area contributed by atoms with Crippen molar-refractivity contribution >= 4 is 22.0 Å². The van der Waals surface area contributed by atoms with Gasteiger partial charge in [0.1, 0.15) is 6.29 Å². The molecule has 4 rings (SSSR count). The summed E-state index contributed by atoms with van der Waals surface area (Å²) in [6.45, 7) is 3.50. The number of nitrogens with zero attached hydrogens (tertiary/aromatic N) is 2. The van der Waals surface area contributed by atoms with Crippen LogP contribution in [0.25, 0.3) is 0 Å². The van der Waals surface area contributed by atoms with E-state index in [1.54, 1.807) is 18.2 Å². The molecule has 3 fully saturated rings. The Hall–Kier alpha value is -1.48. The minimum atomic E-state index is -3.55. The van der Waals surface area contributed by atoms with Crippen LogP contribution in [0.15, 0.2) is 29.2 Å². The fourth-order valence-electron chi connectivity index (χ4n) is 4.14. The monoisotopic (exact) mass is 394 g/mol. The van der Waals surface area contributed by atoms with Gasteiger partial charge in [0, 0.05) is 50.6 Å². The van der Waals surface area contributed by atoms with Gasteiger partial charge in [0.15, 0.2) is 5.79 Å². The first-order valence-electron chi connectivity index (χ1n) is 9.61. The summed E-state index contributed by atoms with van der Waals surface area (Å²) < 4.78 is 39.1. The molecule has 3 heterocycles. The van der Waals surface area contributed by atoms with Crippen LogP contribution in [0.4, 0.5) is 5.69 Å². The number of anilines is 1. The highest BCUT2D eigenvalue weighted by molar-refractivity contribution is 7.89. The van der Waals surface area contributed by atoms with Crippen LogP contribution in [0.5, 0.6) is 0 Å². The minimum Gasteiger partial charge on any atom is -0.371 e. The number of ether oxygens (including phenoxy) is 2. The second kappa shape index (κ2) is 7.50. The van der Waals surface area contributed by atoms with Gasteiger partial charge in [-0.2, -0.15) is 4.31 Å². The van der Waals surface area contributed by atoms with Crippen molar-refractivity contribution in [3.05, 3.63) is 24.3 Å². The molecule has 0 unspecified atom stereocenters. The van der Waals surface area contributed by atoms with E-state index in [2.05, 4.69) is 4.90 Å². The van der Waals surface area contributed by atoms with E-state index in [0.717, 1.165) is 37.9 Å². The number of benzene rings is 1. The first kappa shape index (κ1) is 18.9. The van der Waals surface area contributed by atoms with E-state index in [-0.39, 0.29) is 5.92 Å². The van der Waals surface area contributed by atoms with Crippen LogP contribution >= 0.6 is 0 Å². The van der Waals surface area contributed by atoms with Crippen molar-refractivity contribution < 1.29 is 22.7 Å². The molecule has 1 spiro atoms. The zero-order valence-electron chi connectivity index (χ0n) is 15.4. The van der Waals surface area contributed by atoms with Gasteiger partial charge >= 0.3 is 0 Å². The van der Waals surface area contributed by atoms with E-state index in [1.165, 1.54) is 4.31 Å². The van der Waals surface area contributed by atoms with Crippen molar-refractivity contribution in [3.63, 3.8) is 0 Å². The molecular weight excluding hydrogens is 368 g/mol. The number of rotatable bonds is 4. The average Bonchev–Trinajstić information content (AvgIpc) is 3.16. The fraction of sp³-hybridized carbons (Fsp3) is 0.632. The average molecular weight is 394 g/mol. The third kappa shape index (κ3) is 3.76. The van der Waals surface area contributed by atoms with Crippen molar-refractivity contribution in [2.45, 2.75) is 36.4 Å². The number of piperidine rings is 2. The van der Waals surface area contributed by atoms with Gasteiger partial charge in [-0.1, -0.05) is 6.07 Å². The van der Waals surface area contributed by atoms with Crippen LogP contribution in [0.3, 0.4) is 0 Å². The maximum atomic E-state index is 13.1. The summed E-state index contributed by atoms with van der Waals surface area (Å²) in [6, 6.07) is 7.14. The summed E-state index contributed by atoms with van der Waals surface area (Å²) in [5.41, 5.74) is 0.899. The highest BCUT2D eigenvalue weighted by Gasteiger charge is 2.42. The van der Waals surface area contributed by atoms with Crippen LogP contribution < -0.4 is 4.90 Å². The van der Waals surface area contributed by atoms with Crippen LogP contribution in [0.1, 0.15) is 25.7 Å². The van der Waals surface area contributed by atoms with Gasteiger partial charge in [-0.3, -0.25) is 0 Å². The van der Waals surface area contributed by atoms with Gasteiger partial charge < -0.3 is 19.2 Å². The van der Waals surface area contributed by atoms with E-state index in [4.69, 9.17) is 9.47 Å². The van der Waals surface area contributed by atoms with E-state index >= 15 is 0 Å². The summed E-state index contributed by atoms with van der Waals surface area (Å²) in [5, 5.41) is 0. The molecule has 1 aromatic carbocycles. The molecule has 0 radical (unpaired) electrons. The molecule has 0 bridgehead atoms. The van der Waals surface area contributed by atoms with Crippen molar-refractivity contribution in [3.8, 4) is 0 Å². The Balaban J connectivity index is 1.47. The van der Waals surface area contributed by atoms with Crippen LogP contribution in [-0.4, -0.2) is 64.2 Å². The Morgan fingerprint density at radius 2 is 1.70 bits per heavy atom. The number of sulfonamides is 1. The Bertz CT molecular complexity index is 773. The molecule has 1 aromatic rings. The standard InChI is InChI=1S/C19H26N2O5S/c22-15-16-4-8-20(9-5-16)17-2-1-3-18(14-17)27(23,24)21-10-6-19(7-11-21)25-12-13-26-19/h1-3,14-16H,4-13H2. The first-order valence-corrected chi connectivity index (χ1v) is 11.0. The molecule has 0 aromatic heterocycles. The molecule has 3 saturated heterocycles. The summed E-state index contributed by atoms with van der Waals surface area (Å²) in [4.78, 5) is 13.4. The summed E-state index contributed by atoms with van der Waals surface area (Å²) in [6.07, 6.45) is 3.78. The molecule has 0 aliphatic carbocycles. The molecule has 0 amide bonds. The maximum absolute atomic E-state index is 13.1. The zero-order chi connectivity index (χ0) is 18.9. The van der Waals surface area contributed by atoms with E-state index in [1.807, 2.05) is 6.07 Å². The van der Waals surface area contributed by atoms with Crippen molar-refractivity contribution in [1.29, 1.82) is 0 Å². The van der Waals surface area contributed by atoms with E-state index in [9.17, 15) is 13.2 Å². The van der Waals surface area contributed by atoms with Crippen molar-refractivity contribution in [1.82, 2.24) is 4.31 Å². The lowest BCUT2D eigenvalue weighted by atomic mass is 9.98. The van der Waals surface area contributed by atoms with Gasteiger partial charge in [-0.15, -0.1) is 0 Å². The van der Waals surface area contributed by atoms with Crippen molar-refractivity contribution in [2.75, 3.05) is 44.3 Å². The van der Waals surface area contributed by atoms with Crippen LogP contribution in [0.2, 0.25) is 0 Å². The predicted octanol–water partition coefficient (Wildman–Crippen LogP) is 1.63. The minimum absolute atomic E-state index is 0.119. The number of carbonyl (C=O) groups is 1. The lowest BCUT2D eigenvalue weighted by Gasteiger charge is -2.37. The predicted molar refractivity (Wildman–Crippen MR) is 100 cm³/mol. The molecule has 27 heavy (non-hydrogen) atoms. The normalized spacial score (nSPS) is 24.4. The molecular formula is C19H26N2O5S. The topological polar surface area (TPSA) is 76.2 Å². The number of aldehydes is 1. The van der Waals surface area contributed by atoms with Crippen molar-refractivity contribution in [2.24, 2.45) is 5.92 Å². The van der Waals surface area contributed by atoms with Gasteiger partial charge in [-0.25, -0.2) is 8.42 Å². The van der Waals surface area contributed by atoms with Gasteiger partial charge in [0.25, 0.3) is 0 Å². The lowest BCUT2D eigenvalue weighted by molar-refractivity contribution is -0.179. The molecule has 0 atom stereocenters. The quantitative estimate of drug-likeness (QED) is 0.723. The second-order valence-corrected chi connectivity index (χ2v) is 9.41. The molecule has 7 nitrogen and oxygen atoms in total. The molecule has 8 heteroatoms. The number of hydrogen-bond acceptors (Lipinski definition) is 6. The summed E-state index contributed by atoms with van der Waals surface area (Å²) in [5.74, 6) is -0.467. The van der Waals surface area contributed by atoms with Gasteiger partial charge in [0.2, 0.25) is 10.0 Å². The zero-order valence-corrected chi connectivity index (χ0v) is 16.2. The van der Waals surface area contributed by atoms with E-state index < -0.39 is 15.8 Å². The molecule has 0 N–H and O–H groups in total. The molecule has 3 aliphatic rings.